The first-order chi connectivity index (χ1) is 10.7. The second-order valence-electron chi connectivity index (χ2n) is 6.59. The number of carbonyl (C=O) groups excluding carboxylic acids is 1. The van der Waals surface area contributed by atoms with Crippen LogP contribution >= 0.6 is 24.0 Å². The van der Waals surface area contributed by atoms with Gasteiger partial charge in [-0.25, -0.2) is 5.43 Å². The van der Waals surface area contributed by atoms with E-state index in [1.165, 1.54) is 0 Å². The third kappa shape index (κ3) is 3.21. The summed E-state index contributed by atoms with van der Waals surface area (Å²) in [7, 11) is 0. The number of benzene rings is 1. The molecule has 5 nitrogen and oxygen atoms in total. The minimum Gasteiger partial charge on any atom is -0.342 e. The van der Waals surface area contributed by atoms with Crippen LogP contribution in [-0.4, -0.2) is 43.5 Å². The highest BCUT2D eigenvalue weighted by Gasteiger charge is 2.43. The Kier molecular flexibility index (Phi) is 5.13. The minimum atomic E-state index is -0.0646. The van der Waals surface area contributed by atoms with Gasteiger partial charge in [0.2, 0.25) is 5.91 Å². The van der Waals surface area contributed by atoms with Crippen LogP contribution in [0.5, 0.6) is 0 Å². The average Bonchev–Trinajstić information content (AvgIpc) is 3.21. The number of halogens is 2. The Bertz CT molecular complexity index is 573. The number of nitrogens with zero attached hydrogens (tertiary/aromatic N) is 1. The molecule has 1 amide bonds. The summed E-state index contributed by atoms with van der Waals surface area (Å²) >= 11 is 6.09. The van der Waals surface area contributed by atoms with E-state index in [4.69, 9.17) is 11.6 Å². The number of amides is 1. The Morgan fingerprint density at radius 3 is 2.61 bits per heavy atom. The largest absolute Gasteiger partial charge is 0.342 e. The molecule has 3 saturated heterocycles. The van der Waals surface area contributed by atoms with E-state index in [9.17, 15) is 4.79 Å². The Hall–Kier alpha value is -0.850. The van der Waals surface area contributed by atoms with E-state index in [0.717, 1.165) is 31.7 Å². The van der Waals surface area contributed by atoms with Gasteiger partial charge in [-0.1, -0.05) is 23.7 Å². The van der Waals surface area contributed by atoms with E-state index in [2.05, 4.69) is 21.1 Å². The zero-order chi connectivity index (χ0) is 15.1. The maximum Gasteiger partial charge on any atom is 0.229 e. The molecule has 4 rings (SSSR count). The van der Waals surface area contributed by atoms with Crippen molar-refractivity contribution in [2.45, 2.75) is 6.04 Å². The SMILES string of the molecule is Cl.O=C(C1CNNC1c1cccc(Cl)c1)N1C[C@H]2CNC[C@H]2C1. The Balaban J connectivity index is 0.00000156. The normalized spacial score (nSPS) is 32.7. The van der Waals surface area contributed by atoms with Gasteiger partial charge in [-0.05, 0) is 29.5 Å². The fourth-order valence-corrected chi connectivity index (χ4v) is 4.21. The second kappa shape index (κ2) is 6.95. The smallest absolute Gasteiger partial charge is 0.229 e. The van der Waals surface area contributed by atoms with Gasteiger partial charge < -0.3 is 10.2 Å². The van der Waals surface area contributed by atoms with E-state index in [0.29, 0.717) is 23.4 Å². The molecule has 0 radical (unpaired) electrons. The van der Waals surface area contributed by atoms with Gasteiger partial charge in [0.25, 0.3) is 0 Å². The summed E-state index contributed by atoms with van der Waals surface area (Å²) in [6, 6.07) is 7.75. The van der Waals surface area contributed by atoms with Crippen LogP contribution in [0.4, 0.5) is 0 Å². The third-order valence-electron chi connectivity index (χ3n) is 5.21. The van der Waals surface area contributed by atoms with Crippen LogP contribution in [-0.2, 0) is 4.79 Å². The number of hydrogen-bond donors (Lipinski definition) is 3. The molecule has 7 heteroatoms. The van der Waals surface area contributed by atoms with Gasteiger partial charge in [-0.15, -0.1) is 12.4 Å². The summed E-state index contributed by atoms with van der Waals surface area (Å²) in [6.45, 7) is 4.56. The lowest BCUT2D eigenvalue weighted by Gasteiger charge is -2.25. The van der Waals surface area contributed by atoms with Crippen LogP contribution in [0.3, 0.4) is 0 Å². The highest BCUT2D eigenvalue weighted by atomic mass is 35.5. The fraction of sp³-hybridized carbons (Fsp3) is 0.562. The third-order valence-corrected chi connectivity index (χ3v) is 5.44. The van der Waals surface area contributed by atoms with Gasteiger partial charge in [-0.3, -0.25) is 10.2 Å². The number of rotatable bonds is 2. The topological polar surface area (TPSA) is 56.4 Å². The number of hydrogen-bond acceptors (Lipinski definition) is 4. The Morgan fingerprint density at radius 2 is 1.91 bits per heavy atom. The molecule has 2 unspecified atom stereocenters. The van der Waals surface area contributed by atoms with Gasteiger partial charge in [0, 0.05) is 37.7 Å². The summed E-state index contributed by atoms with van der Waals surface area (Å²) in [4.78, 5) is 15.0. The van der Waals surface area contributed by atoms with E-state index in [-0.39, 0.29) is 30.3 Å². The van der Waals surface area contributed by atoms with Crippen molar-refractivity contribution in [3.05, 3.63) is 34.9 Å². The van der Waals surface area contributed by atoms with Crippen molar-refractivity contribution in [2.24, 2.45) is 17.8 Å². The Labute approximate surface area is 147 Å². The van der Waals surface area contributed by atoms with Gasteiger partial charge in [0.1, 0.15) is 0 Å². The van der Waals surface area contributed by atoms with Crippen LogP contribution in [0.15, 0.2) is 24.3 Å². The lowest BCUT2D eigenvalue weighted by Crippen LogP contribution is -2.39. The van der Waals surface area contributed by atoms with E-state index < -0.39 is 0 Å². The molecule has 0 saturated carbocycles. The van der Waals surface area contributed by atoms with E-state index in [1.54, 1.807) is 0 Å². The van der Waals surface area contributed by atoms with Crippen LogP contribution in [0.25, 0.3) is 0 Å². The van der Waals surface area contributed by atoms with Gasteiger partial charge in [0.05, 0.1) is 12.0 Å². The molecule has 126 valence electrons. The van der Waals surface area contributed by atoms with Crippen molar-refractivity contribution in [1.82, 2.24) is 21.1 Å². The molecule has 1 aromatic rings. The maximum absolute atomic E-state index is 12.9. The number of nitrogens with one attached hydrogen (secondary N) is 3. The fourth-order valence-electron chi connectivity index (χ4n) is 4.01. The van der Waals surface area contributed by atoms with Crippen LogP contribution < -0.4 is 16.2 Å². The lowest BCUT2D eigenvalue weighted by atomic mass is 9.93. The van der Waals surface area contributed by atoms with Crippen LogP contribution in [0.1, 0.15) is 11.6 Å². The molecule has 3 aliphatic heterocycles. The molecule has 3 heterocycles. The molecule has 0 bridgehead atoms. The van der Waals surface area contributed by atoms with Crippen molar-refractivity contribution in [3.63, 3.8) is 0 Å². The van der Waals surface area contributed by atoms with Gasteiger partial charge in [-0.2, -0.15) is 0 Å². The zero-order valence-corrected chi connectivity index (χ0v) is 14.4. The highest BCUT2D eigenvalue weighted by Crippen LogP contribution is 2.32. The molecule has 3 aliphatic rings. The molecule has 4 atom stereocenters. The van der Waals surface area contributed by atoms with Crippen LogP contribution in [0, 0.1) is 17.8 Å². The van der Waals surface area contributed by atoms with Gasteiger partial charge in [0.15, 0.2) is 0 Å². The number of likely N-dealkylation sites (tertiary alicyclic amines) is 1. The van der Waals surface area contributed by atoms with Crippen molar-refractivity contribution in [1.29, 1.82) is 0 Å². The molecule has 3 N–H and O–H groups in total. The van der Waals surface area contributed by atoms with Crippen molar-refractivity contribution in [2.75, 3.05) is 32.7 Å². The minimum absolute atomic E-state index is 0. The van der Waals surface area contributed by atoms with Crippen LogP contribution in [0.2, 0.25) is 5.02 Å². The predicted octanol–water partition coefficient (Wildman–Crippen LogP) is 1.20. The lowest BCUT2D eigenvalue weighted by molar-refractivity contribution is -0.134. The summed E-state index contributed by atoms with van der Waals surface area (Å²) < 4.78 is 0. The molecule has 23 heavy (non-hydrogen) atoms. The van der Waals surface area contributed by atoms with Crippen molar-refractivity contribution < 1.29 is 4.79 Å². The summed E-state index contributed by atoms with van der Waals surface area (Å²) in [5.41, 5.74) is 7.45. The first-order valence-electron chi connectivity index (χ1n) is 7.96. The zero-order valence-electron chi connectivity index (χ0n) is 12.8. The summed E-state index contributed by atoms with van der Waals surface area (Å²) in [6.07, 6.45) is 0. The molecular formula is C16H22Cl2N4O. The van der Waals surface area contributed by atoms with Crippen molar-refractivity contribution in [3.8, 4) is 0 Å². The Morgan fingerprint density at radius 1 is 1.17 bits per heavy atom. The molecular weight excluding hydrogens is 335 g/mol. The summed E-state index contributed by atoms with van der Waals surface area (Å²) in [5.74, 6) is 1.47. The first kappa shape index (κ1) is 17.0. The maximum atomic E-state index is 12.9. The molecule has 0 aromatic heterocycles. The monoisotopic (exact) mass is 356 g/mol. The number of carbonyl (C=O) groups is 1. The summed E-state index contributed by atoms with van der Waals surface area (Å²) in [5, 5.41) is 4.12. The second-order valence-corrected chi connectivity index (χ2v) is 7.02. The number of hydrazine groups is 1. The average molecular weight is 357 g/mol. The van der Waals surface area contributed by atoms with Crippen molar-refractivity contribution >= 4 is 29.9 Å². The van der Waals surface area contributed by atoms with E-state index >= 15 is 0 Å². The van der Waals surface area contributed by atoms with Gasteiger partial charge >= 0.3 is 0 Å². The first-order valence-corrected chi connectivity index (χ1v) is 8.33. The molecule has 0 spiro atoms. The molecule has 3 fully saturated rings. The molecule has 1 aromatic carbocycles. The quantitative estimate of drug-likeness (QED) is 0.745. The molecule has 0 aliphatic carbocycles. The van der Waals surface area contributed by atoms with E-state index in [1.807, 2.05) is 24.3 Å². The predicted molar refractivity (Wildman–Crippen MR) is 92.5 cm³/mol. The highest BCUT2D eigenvalue weighted by molar-refractivity contribution is 6.30. The standard InChI is InChI=1S/C16H21ClN4O.ClH/c17-13-3-1-2-10(4-13)15-14(7-19-20-15)16(22)21-8-11-5-18-6-12(11)9-21;/h1-4,11-12,14-15,18-20H,5-9H2;1H/t11-,12+,14?,15?;. The number of fused-ring (bicyclic) bond motifs is 1.